The number of nitrogens with one attached hydrogen (secondary N) is 1. The fourth-order valence-electron chi connectivity index (χ4n) is 4.40. The van der Waals surface area contributed by atoms with Crippen LogP contribution in [-0.4, -0.2) is 28.6 Å². The highest BCUT2D eigenvalue weighted by Crippen LogP contribution is 2.21. The topological polar surface area (TPSA) is 56.2 Å². The average Bonchev–Trinajstić information content (AvgIpc) is 3.25. The van der Waals surface area contributed by atoms with Gasteiger partial charge in [-0.3, -0.25) is 4.79 Å². The predicted octanol–water partition coefficient (Wildman–Crippen LogP) is 6.21. The van der Waals surface area contributed by atoms with Crippen LogP contribution in [0.2, 0.25) is 5.02 Å². The number of imidazole rings is 1. The summed E-state index contributed by atoms with van der Waals surface area (Å²) in [7, 11) is 0. The van der Waals surface area contributed by atoms with E-state index in [4.69, 9.17) is 21.3 Å². The molecule has 1 N–H and O–H groups in total. The molecule has 1 heterocycles. The van der Waals surface area contributed by atoms with Gasteiger partial charge in [-0.25, -0.2) is 4.98 Å². The van der Waals surface area contributed by atoms with Gasteiger partial charge in [0.25, 0.3) is 0 Å². The Morgan fingerprint density at radius 2 is 1.69 bits per heavy atom. The molecule has 0 saturated heterocycles. The molecule has 0 unspecified atom stereocenters. The smallest absolute Gasteiger partial charge is 0.224 e. The molecule has 0 aliphatic heterocycles. The van der Waals surface area contributed by atoms with Gasteiger partial charge in [0.15, 0.2) is 0 Å². The monoisotopic (exact) mass is 497 g/mol. The summed E-state index contributed by atoms with van der Waals surface area (Å²) in [6, 6.07) is 30.0. The van der Waals surface area contributed by atoms with Gasteiger partial charge in [0, 0.05) is 24.5 Å². The lowest BCUT2D eigenvalue weighted by Gasteiger charge is -2.11. The van der Waals surface area contributed by atoms with Gasteiger partial charge >= 0.3 is 0 Å². The highest BCUT2D eigenvalue weighted by molar-refractivity contribution is 6.30. The molecule has 5 aromatic rings. The highest BCUT2D eigenvalue weighted by Gasteiger charge is 2.11. The third kappa shape index (κ3) is 5.86. The molecule has 0 bridgehead atoms. The first kappa shape index (κ1) is 23.9. The van der Waals surface area contributed by atoms with Crippen LogP contribution in [0.4, 0.5) is 0 Å². The molecule has 4 aromatic carbocycles. The van der Waals surface area contributed by atoms with E-state index in [-0.39, 0.29) is 5.91 Å². The lowest BCUT2D eigenvalue weighted by atomic mass is 10.1. The van der Waals surface area contributed by atoms with Crippen molar-refractivity contribution in [2.24, 2.45) is 0 Å². The van der Waals surface area contributed by atoms with Crippen molar-refractivity contribution in [1.29, 1.82) is 0 Å². The maximum absolute atomic E-state index is 12.4. The number of amides is 1. The number of ether oxygens (including phenoxy) is 1. The van der Waals surface area contributed by atoms with Crippen LogP contribution in [0.15, 0.2) is 91.0 Å². The lowest BCUT2D eigenvalue weighted by Crippen LogP contribution is -2.28. The number of halogens is 1. The Morgan fingerprint density at radius 1 is 0.917 bits per heavy atom. The summed E-state index contributed by atoms with van der Waals surface area (Å²) in [5.41, 5.74) is 3.01. The summed E-state index contributed by atoms with van der Waals surface area (Å²) in [4.78, 5) is 17.2. The minimum Gasteiger partial charge on any atom is -0.494 e. The Kier molecular flexibility index (Phi) is 7.48. The van der Waals surface area contributed by atoms with Crippen molar-refractivity contribution in [3.63, 3.8) is 0 Å². The van der Waals surface area contributed by atoms with E-state index in [0.29, 0.717) is 31.0 Å². The Hall–Kier alpha value is -3.83. The molecule has 36 heavy (non-hydrogen) atoms. The molecule has 0 radical (unpaired) electrons. The maximum atomic E-state index is 12.4. The largest absolute Gasteiger partial charge is 0.494 e. The maximum Gasteiger partial charge on any atom is 0.224 e. The Bertz CT molecular complexity index is 1480. The predicted molar refractivity (Wildman–Crippen MR) is 146 cm³/mol. The second kappa shape index (κ2) is 11.3. The van der Waals surface area contributed by atoms with Gasteiger partial charge in [0.1, 0.15) is 11.6 Å². The number of carbonyl (C=O) groups is 1. The fourth-order valence-corrected chi connectivity index (χ4v) is 4.53. The van der Waals surface area contributed by atoms with Gasteiger partial charge in [-0.05, 0) is 59.2 Å². The van der Waals surface area contributed by atoms with E-state index in [2.05, 4.69) is 40.2 Å². The average molecular weight is 498 g/mol. The van der Waals surface area contributed by atoms with Crippen LogP contribution >= 0.6 is 11.6 Å². The molecule has 0 fully saturated rings. The van der Waals surface area contributed by atoms with E-state index >= 15 is 0 Å². The second-order valence-corrected chi connectivity index (χ2v) is 9.22. The van der Waals surface area contributed by atoms with E-state index in [1.165, 1.54) is 10.8 Å². The van der Waals surface area contributed by atoms with Crippen LogP contribution in [0.25, 0.3) is 21.8 Å². The molecular weight excluding hydrogens is 470 g/mol. The van der Waals surface area contributed by atoms with Crippen molar-refractivity contribution >= 4 is 39.3 Å². The van der Waals surface area contributed by atoms with E-state index in [0.717, 1.165) is 41.1 Å². The third-order valence-electron chi connectivity index (χ3n) is 6.20. The second-order valence-electron chi connectivity index (χ2n) is 8.78. The number of hydrogen-bond donors (Lipinski definition) is 1. The third-order valence-corrected chi connectivity index (χ3v) is 6.45. The number of nitrogens with zero attached hydrogens (tertiary/aromatic N) is 2. The van der Waals surface area contributed by atoms with Gasteiger partial charge in [-0.15, -0.1) is 0 Å². The van der Waals surface area contributed by atoms with E-state index in [1.54, 1.807) is 12.1 Å². The zero-order valence-corrected chi connectivity index (χ0v) is 20.7. The molecule has 5 nitrogen and oxygen atoms in total. The number of para-hydroxylation sites is 2. The summed E-state index contributed by atoms with van der Waals surface area (Å²) in [6.45, 7) is 1.94. The quantitative estimate of drug-likeness (QED) is 0.233. The summed E-state index contributed by atoms with van der Waals surface area (Å²) in [5, 5.41) is 6.07. The molecule has 6 heteroatoms. The van der Waals surface area contributed by atoms with Gasteiger partial charge in [-0.1, -0.05) is 66.2 Å². The van der Waals surface area contributed by atoms with Crippen molar-refractivity contribution in [3.8, 4) is 5.75 Å². The molecule has 0 atom stereocenters. The summed E-state index contributed by atoms with van der Waals surface area (Å²) < 4.78 is 8.28. The standard InChI is InChI=1S/C30H28ClN3O2/c31-25-13-10-22(11-14-25)20-30(35)32-17-16-29-33-27-8-3-4-9-28(27)34(29)18-5-19-36-26-15-12-23-6-1-2-7-24(23)21-26/h1-4,6-15,21H,5,16-20H2,(H,32,35). The molecule has 1 amide bonds. The minimum atomic E-state index is -0.0104. The van der Waals surface area contributed by atoms with Crippen molar-refractivity contribution < 1.29 is 9.53 Å². The number of aryl methyl sites for hydroxylation is 1. The molecule has 0 spiro atoms. The Balaban J connectivity index is 1.17. The molecular formula is C30H28ClN3O2. The van der Waals surface area contributed by atoms with Crippen LogP contribution in [-0.2, 0) is 24.2 Å². The molecule has 0 aliphatic rings. The first-order valence-electron chi connectivity index (χ1n) is 12.2. The Labute approximate surface area is 215 Å². The lowest BCUT2D eigenvalue weighted by molar-refractivity contribution is -0.120. The summed E-state index contributed by atoms with van der Waals surface area (Å²) in [5.74, 6) is 1.84. The summed E-state index contributed by atoms with van der Waals surface area (Å²) in [6.07, 6.45) is 1.84. The first-order valence-corrected chi connectivity index (χ1v) is 12.6. The number of carbonyl (C=O) groups excluding carboxylic acids is 1. The zero-order chi connectivity index (χ0) is 24.7. The van der Waals surface area contributed by atoms with Crippen LogP contribution in [0, 0.1) is 0 Å². The molecule has 0 aliphatic carbocycles. The van der Waals surface area contributed by atoms with Gasteiger partial charge in [-0.2, -0.15) is 0 Å². The summed E-state index contributed by atoms with van der Waals surface area (Å²) >= 11 is 5.93. The number of rotatable bonds is 10. The molecule has 182 valence electrons. The number of benzene rings is 4. The fraction of sp³-hybridized carbons (Fsp3) is 0.200. The normalized spacial score (nSPS) is 11.1. The minimum absolute atomic E-state index is 0.0104. The van der Waals surface area contributed by atoms with Crippen LogP contribution < -0.4 is 10.1 Å². The van der Waals surface area contributed by atoms with Gasteiger partial charge in [0.2, 0.25) is 5.91 Å². The molecule has 1 aromatic heterocycles. The van der Waals surface area contributed by atoms with Crippen molar-refractivity contribution in [1.82, 2.24) is 14.9 Å². The Morgan fingerprint density at radius 3 is 2.56 bits per heavy atom. The van der Waals surface area contributed by atoms with Crippen molar-refractivity contribution in [3.05, 3.63) is 107 Å². The van der Waals surface area contributed by atoms with Gasteiger partial charge in [0.05, 0.1) is 24.1 Å². The first-order chi connectivity index (χ1) is 17.7. The molecule has 0 saturated carbocycles. The SMILES string of the molecule is O=C(Cc1ccc(Cl)cc1)NCCc1nc2ccccc2n1CCCOc1ccc2ccccc2c1. The highest BCUT2D eigenvalue weighted by atomic mass is 35.5. The number of aromatic nitrogens is 2. The van der Waals surface area contributed by atoms with E-state index in [9.17, 15) is 4.79 Å². The van der Waals surface area contributed by atoms with Crippen molar-refractivity contribution in [2.45, 2.75) is 25.8 Å². The van der Waals surface area contributed by atoms with E-state index in [1.807, 2.05) is 48.5 Å². The zero-order valence-electron chi connectivity index (χ0n) is 20.0. The number of hydrogen-bond acceptors (Lipinski definition) is 3. The van der Waals surface area contributed by atoms with Crippen molar-refractivity contribution in [2.75, 3.05) is 13.2 Å². The van der Waals surface area contributed by atoms with Gasteiger partial charge < -0.3 is 14.6 Å². The van der Waals surface area contributed by atoms with E-state index < -0.39 is 0 Å². The molecule has 5 rings (SSSR count). The van der Waals surface area contributed by atoms with Crippen LogP contribution in [0.1, 0.15) is 17.8 Å². The van der Waals surface area contributed by atoms with Crippen LogP contribution in [0.3, 0.4) is 0 Å². The van der Waals surface area contributed by atoms with Crippen LogP contribution in [0.5, 0.6) is 5.75 Å². The number of fused-ring (bicyclic) bond motifs is 2.